The second kappa shape index (κ2) is 9.27. The largest absolute Gasteiger partial charge is 0.335 e. The summed E-state index contributed by atoms with van der Waals surface area (Å²) in [6.45, 7) is 2.68. The number of urea groups is 1. The van der Waals surface area contributed by atoms with E-state index in [0.29, 0.717) is 31.8 Å². The molecule has 0 atom stereocenters. The number of hydrogen-bond acceptors (Lipinski definition) is 3. The second-order valence-corrected chi connectivity index (χ2v) is 10.3. The zero-order valence-electron chi connectivity index (χ0n) is 17.0. The molecule has 1 aromatic rings. The average Bonchev–Trinajstić information content (AvgIpc) is 2.74. The first-order chi connectivity index (χ1) is 13.4. The molecular formula is C21H33N3O3S. The molecule has 28 heavy (non-hydrogen) atoms. The molecule has 0 spiro atoms. The number of amides is 2. The summed E-state index contributed by atoms with van der Waals surface area (Å²) in [6.07, 6.45) is 5.62. The molecule has 0 aromatic heterocycles. The van der Waals surface area contributed by atoms with Gasteiger partial charge in [0.15, 0.2) is 0 Å². The van der Waals surface area contributed by atoms with Gasteiger partial charge in [0.05, 0.1) is 5.75 Å². The summed E-state index contributed by atoms with van der Waals surface area (Å²) in [6, 6.07) is 10.9. The molecule has 156 valence electrons. The van der Waals surface area contributed by atoms with Crippen molar-refractivity contribution < 1.29 is 13.2 Å². The van der Waals surface area contributed by atoms with Crippen molar-refractivity contribution in [3.8, 4) is 0 Å². The Bertz CT molecular complexity index is 737. The molecule has 1 saturated heterocycles. The maximum Gasteiger partial charge on any atom is 0.317 e. The fourth-order valence-corrected chi connectivity index (χ4v) is 5.56. The molecule has 1 saturated carbocycles. The number of piperidine rings is 1. The van der Waals surface area contributed by atoms with Crippen molar-refractivity contribution in [2.75, 3.05) is 25.9 Å². The van der Waals surface area contributed by atoms with Gasteiger partial charge in [0, 0.05) is 32.2 Å². The van der Waals surface area contributed by atoms with Crippen LogP contribution < -0.4 is 5.32 Å². The molecule has 2 aliphatic rings. The van der Waals surface area contributed by atoms with Gasteiger partial charge >= 0.3 is 6.03 Å². The van der Waals surface area contributed by atoms with Crippen LogP contribution in [0.5, 0.6) is 0 Å². The van der Waals surface area contributed by atoms with Crippen LogP contribution in [0.25, 0.3) is 0 Å². The number of nitrogens with zero attached hydrogens (tertiary/aromatic N) is 2. The van der Waals surface area contributed by atoms with Crippen LogP contribution in [0, 0.1) is 0 Å². The van der Waals surface area contributed by atoms with Gasteiger partial charge in [0.25, 0.3) is 0 Å². The number of nitrogens with one attached hydrogen (secondary N) is 1. The van der Waals surface area contributed by atoms with Gasteiger partial charge < -0.3 is 10.2 Å². The Morgan fingerprint density at radius 2 is 1.68 bits per heavy atom. The topological polar surface area (TPSA) is 69.7 Å². The zero-order chi connectivity index (χ0) is 20.1. The lowest BCUT2D eigenvalue weighted by atomic mass is 9.82. The molecule has 1 aliphatic carbocycles. The smallest absolute Gasteiger partial charge is 0.317 e. The second-order valence-electron chi connectivity index (χ2n) is 8.05. The van der Waals surface area contributed by atoms with Crippen LogP contribution in [0.15, 0.2) is 30.3 Å². The lowest BCUT2D eigenvalue weighted by molar-refractivity contribution is 0.157. The maximum atomic E-state index is 12.7. The maximum absolute atomic E-state index is 12.7. The highest BCUT2D eigenvalue weighted by atomic mass is 32.2. The fraction of sp³-hybridized carbons (Fsp3) is 0.667. The van der Waals surface area contributed by atoms with Crippen molar-refractivity contribution >= 4 is 16.1 Å². The summed E-state index contributed by atoms with van der Waals surface area (Å²) in [4.78, 5) is 14.5. The minimum Gasteiger partial charge on any atom is -0.335 e. The highest BCUT2D eigenvalue weighted by molar-refractivity contribution is 7.89. The Morgan fingerprint density at radius 1 is 1.07 bits per heavy atom. The predicted octanol–water partition coefficient (Wildman–Crippen LogP) is 3.17. The number of rotatable bonds is 5. The normalized spacial score (nSPS) is 24.6. The van der Waals surface area contributed by atoms with Gasteiger partial charge in [-0.3, -0.25) is 0 Å². The molecule has 1 aliphatic heterocycles. The molecule has 1 aromatic carbocycles. The molecule has 2 amide bonds. The molecule has 1 N–H and O–H groups in total. The van der Waals surface area contributed by atoms with E-state index in [2.05, 4.69) is 29.6 Å². The Balaban J connectivity index is 1.44. The first-order valence-corrected chi connectivity index (χ1v) is 12.1. The SMILES string of the molecule is CCS(=O)(=O)N1CCC(N(C)C(=O)N[C@H]2CC[C@H](c3ccccc3)CC2)CC1. The van der Waals surface area contributed by atoms with E-state index in [0.717, 1.165) is 25.7 Å². The van der Waals surface area contributed by atoms with Gasteiger partial charge in [-0.15, -0.1) is 0 Å². The van der Waals surface area contributed by atoms with E-state index < -0.39 is 10.0 Å². The standard InChI is InChI=1S/C21H33N3O3S/c1-3-28(26,27)24-15-13-20(14-16-24)23(2)21(25)22-19-11-9-18(10-12-19)17-7-5-4-6-8-17/h4-8,18-20H,3,9-16H2,1-2H3,(H,22,25)/t18-,19-. The lowest BCUT2D eigenvalue weighted by Gasteiger charge is -2.37. The van der Waals surface area contributed by atoms with E-state index in [1.54, 1.807) is 16.1 Å². The molecule has 6 nitrogen and oxygen atoms in total. The van der Waals surface area contributed by atoms with Crippen molar-refractivity contribution in [2.45, 2.75) is 63.5 Å². The number of hydrogen-bond donors (Lipinski definition) is 1. The molecule has 2 fully saturated rings. The van der Waals surface area contributed by atoms with E-state index in [1.165, 1.54) is 5.56 Å². The lowest BCUT2D eigenvalue weighted by Crippen LogP contribution is -2.52. The van der Waals surface area contributed by atoms with Crippen molar-refractivity contribution in [1.82, 2.24) is 14.5 Å². The summed E-state index contributed by atoms with van der Waals surface area (Å²) in [7, 11) is -1.29. The third kappa shape index (κ3) is 5.06. The van der Waals surface area contributed by atoms with Gasteiger partial charge in [0.2, 0.25) is 10.0 Å². The molecular weight excluding hydrogens is 374 g/mol. The van der Waals surface area contributed by atoms with Crippen LogP contribution in [0.1, 0.15) is 56.9 Å². The zero-order valence-corrected chi connectivity index (χ0v) is 17.8. The van der Waals surface area contributed by atoms with Gasteiger partial charge in [-0.1, -0.05) is 30.3 Å². The first kappa shape index (κ1) is 21.1. The monoisotopic (exact) mass is 407 g/mol. The number of carbonyl (C=O) groups excluding carboxylic acids is 1. The van der Waals surface area contributed by atoms with Gasteiger partial charge in [-0.25, -0.2) is 17.5 Å². The fourth-order valence-electron chi connectivity index (χ4n) is 4.43. The quantitative estimate of drug-likeness (QED) is 0.815. The summed E-state index contributed by atoms with van der Waals surface area (Å²) >= 11 is 0. The van der Waals surface area contributed by atoms with Crippen LogP contribution in [0.4, 0.5) is 4.79 Å². The van der Waals surface area contributed by atoms with Gasteiger partial charge in [0.1, 0.15) is 0 Å². The van der Waals surface area contributed by atoms with Crippen LogP contribution in [-0.2, 0) is 10.0 Å². The molecule has 7 heteroatoms. The average molecular weight is 408 g/mol. The highest BCUT2D eigenvalue weighted by Gasteiger charge is 2.31. The number of carbonyl (C=O) groups is 1. The van der Waals surface area contributed by atoms with Gasteiger partial charge in [-0.05, 0) is 56.9 Å². The predicted molar refractivity (Wildman–Crippen MR) is 112 cm³/mol. The van der Waals surface area contributed by atoms with Crippen LogP contribution in [0.3, 0.4) is 0 Å². The molecule has 1 heterocycles. The molecule has 3 rings (SSSR count). The molecule has 0 bridgehead atoms. The molecule has 0 radical (unpaired) electrons. The summed E-state index contributed by atoms with van der Waals surface area (Å²) < 4.78 is 25.5. The number of sulfonamides is 1. The van der Waals surface area contributed by atoms with Crippen LogP contribution in [-0.4, -0.2) is 61.6 Å². The third-order valence-corrected chi connectivity index (χ3v) is 8.26. The Labute approximate surface area is 169 Å². The van der Waals surface area contributed by atoms with E-state index in [4.69, 9.17) is 0 Å². The van der Waals surface area contributed by atoms with E-state index in [-0.39, 0.29) is 23.9 Å². The van der Waals surface area contributed by atoms with Crippen molar-refractivity contribution in [2.24, 2.45) is 0 Å². The summed E-state index contributed by atoms with van der Waals surface area (Å²) in [5.74, 6) is 0.733. The van der Waals surface area contributed by atoms with E-state index in [9.17, 15) is 13.2 Å². The number of benzene rings is 1. The van der Waals surface area contributed by atoms with Gasteiger partial charge in [-0.2, -0.15) is 0 Å². The summed E-state index contributed by atoms with van der Waals surface area (Å²) in [5, 5.41) is 3.20. The Morgan fingerprint density at radius 3 is 2.25 bits per heavy atom. The van der Waals surface area contributed by atoms with Crippen LogP contribution in [0.2, 0.25) is 0 Å². The van der Waals surface area contributed by atoms with E-state index in [1.807, 2.05) is 13.1 Å². The first-order valence-electron chi connectivity index (χ1n) is 10.5. The molecule has 0 unspecified atom stereocenters. The van der Waals surface area contributed by atoms with Crippen molar-refractivity contribution in [3.63, 3.8) is 0 Å². The summed E-state index contributed by atoms with van der Waals surface area (Å²) in [5.41, 5.74) is 1.40. The minimum atomic E-state index is -3.13. The minimum absolute atomic E-state index is 0.0278. The van der Waals surface area contributed by atoms with Crippen molar-refractivity contribution in [1.29, 1.82) is 0 Å². The third-order valence-electron chi connectivity index (χ3n) is 6.38. The van der Waals surface area contributed by atoms with Crippen LogP contribution >= 0.6 is 0 Å². The Kier molecular flexibility index (Phi) is 6.99. The van der Waals surface area contributed by atoms with Crippen molar-refractivity contribution in [3.05, 3.63) is 35.9 Å². The van der Waals surface area contributed by atoms with E-state index >= 15 is 0 Å². The Hall–Kier alpha value is -1.60. The highest BCUT2D eigenvalue weighted by Crippen LogP contribution is 2.32.